The summed E-state index contributed by atoms with van der Waals surface area (Å²) in [5.74, 6) is -0.452. The third-order valence-electron chi connectivity index (χ3n) is 6.28. The Kier molecular flexibility index (Phi) is 6.81. The minimum Gasteiger partial charge on any atom is -0.325 e. The number of nitrogens with zero attached hydrogens (tertiary/aromatic N) is 4. The Balaban J connectivity index is 1.58. The first kappa shape index (κ1) is 24.0. The molecule has 37 heavy (non-hydrogen) atoms. The van der Waals surface area contributed by atoms with Gasteiger partial charge in [0.25, 0.3) is 5.56 Å². The molecule has 3 aromatic carbocycles. The van der Waals surface area contributed by atoms with Gasteiger partial charge in [0.15, 0.2) is 11.2 Å². The predicted molar refractivity (Wildman–Crippen MR) is 144 cm³/mol. The van der Waals surface area contributed by atoms with Crippen LogP contribution in [-0.4, -0.2) is 24.6 Å². The summed E-state index contributed by atoms with van der Waals surface area (Å²) in [5.41, 5.74) is 3.02. The molecule has 0 atom stereocenters. The lowest BCUT2D eigenvalue weighted by Gasteiger charge is -2.13. The number of rotatable bonds is 8. The average molecular weight is 494 g/mol. The summed E-state index contributed by atoms with van der Waals surface area (Å²) in [6.07, 6.45) is 2.40. The van der Waals surface area contributed by atoms with Crippen molar-refractivity contribution < 1.29 is 4.79 Å². The van der Waals surface area contributed by atoms with Crippen molar-refractivity contribution in [2.75, 3.05) is 5.32 Å². The van der Waals surface area contributed by atoms with E-state index in [1.807, 2.05) is 85.8 Å². The molecule has 0 aliphatic carbocycles. The smallest absolute Gasteiger partial charge is 0.325 e. The summed E-state index contributed by atoms with van der Waals surface area (Å²) in [7, 11) is 0. The highest BCUT2D eigenvalue weighted by Gasteiger charge is 2.20. The predicted octanol–water partition coefficient (Wildman–Crippen LogP) is 3.66. The number of hydrogen-bond donors (Lipinski definition) is 1. The Hall–Kier alpha value is -4.72. The fraction of sp³-hybridized carbons (Fsp3) is 0.172. The maximum atomic E-state index is 13.6. The molecular formula is C29H27N5O3. The molecule has 0 radical (unpaired) electrons. The molecule has 0 bridgehead atoms. The van der Waals surface area contributed by atoms with Gasteiger partial charge < -0.3 is 9.88 Å². The van der Waals surface area contributed by atoms with Crippen molar-refractivity contribution in [2.45, 2.75) is 33.0 Å². The van der Waals surface area contributed by atoms with E-state index in [1.165, 1.54) is 4.57 Å². The number of anilines is 1. The van der Waals surface area contributed by atoms with Gasteiger partial charge >= 0.3 is 5.69 Å². The van der Waals surface area contributed by atoms with E-state index in [4.69, 9.17) is 0 Å². The van der Waals surface area contributed by atoms with E-state index >= 15 is 0 Å². The fourth-order valence-corrected chi connectivity index (χ4v) is 4.40. The largest absolute Gasteiger partial charge is 0.333 e. The third-order valence-corrected chi connectivity index (χ3v) is 6.28. The number of carbonyl (C=O) groups excluding carboxylic acids is 1. The molecule has 1 amide bonds. The average Bonchev–Trinajstić information content (AvgIpc) is 3.33. The van der Waals surface area contributed by atoms with Crippen LogP contribution in [0.1, 0.15) is 23.6 Å². The normalized spacial score (nSPS) is 11.1. The second-order valence-electron chi connectivity index (χ2n) is 8.88. The molecule has 0 aliphatic rings. The Morgan fingerprint density at radius 1 is 0.811 bits per heavy atom. The van der Waals surface area contributed by atoms with Gasteiger partial charge in [-0.2, -0.15) is 0 Å². The zero-order valence-electron chi connectivity index (χ0n) is 20.5. The maximum absolute atomic E-state index is 13.6. The first-order valence-electron chi connectivity index (χ1n) is 12.2. The molecule has 0 saturated carbocycles. The lowest BCUT2D eigenvalue weighted by molar-refractivity contribution is -0.116. The second kappa shape index (κ2) is 10.5. The highest BCUT2D eigenvalue weighted by molar-refractivity contribution is 5.90. The van der Waals surface area contributed by atoms with Crippen LogP contribution in [0.15, 0.2) is 101 Å². The van der Waals surface area contributed by atoms with Crippen molar-refractivity contribution in [2.24, 2.45) is 0 Å². The van der Waals surface area contributed by atoms with Crippen molar-refractivity contribution in [3.63, 3.8) is 0 Å². The molecule has 186 valence electrons. The van der Waals surface area contributed by atoms with Gasteiger partial charge in [-0.3, -0.25) is 14.2 Å². The van der Waals surface area contributed by atoms with E-state index in [9.17, 15) is 14.4 Å². The van der Waals surface area contributed by atoms with Gasteiger partial charge in [0.05, 0.1) is 12.9 Å². The molecule has 0 unspecified atom stereocenters. The summed E-state index contributed by atoms with van der Waals surface area (Å²) >= 11 is 0. The van der Waals surface area contributed by atoms with E-state index < -0.39 is 23.7 Å². The standard InChI is InChI=1S/C29H27N5O3/c1-2-21-14-9-15-24(16-21)31-25(35)19-34-28(36)26-27(30-20-32(26)17-22-10-5-3-6-11-22)33(29(34)37)18-23-12-7-4-8-13-23/h3-16,20H,2,17-19H2,1H3,(H,31,35). The number of imidazole rings is 1. The monoisotopic (exact) mass is 493 g/mol. The van der Waals surface area contributed by atoms with Crippen molar-refractivity contribution in [1.82, 2.24) is 18.7 Å². The Labute approximate surface area is 213 Å². The molecular weight excluding hydrogens is 466 g/mol. The molecule has 0 saturated heterocycles. The fourth-order valence-electron chi connectivity index (χ4n) is 4.40. The first-order valence-corrected chi connectivity index (χ1v) is 12.2. The highest BCUT2D eigenvalue weighted by Crippen LogP contribution is 2.13. The molecule has 2 heterocycles. The summed E-state index contributed by atoms with van der Waals surface area (Å²) in [6, 6.07) is 26.7. The van der Waals surface area contributed by atoms with Gasteiger partial charge in [-0.25, -0.2) is 14.3 Å². The number of amides is 1. The zero-order valence-corrected chi connectivity index (χ0v) is 20.5. The molecule has 8 heteroatoms. The Morgan fingerprint density at radius 3 is 2.14 bits per heavy atom. The molecule has 5 aromatic rings. The van der Waals surface area contributed by atoms with Crippen LogP contribution >= 0.6 is 0 Å². The second-order valence-corrected chi connectivity index (χ2v) is 8.88. The summed E-state index contributed by atoms with van der Waals surface area (Å²) in [4.78, 5) is 44.6. The van der Waals surface area contributed by atoms with E-state index in [1.54, 1.807) is 17.0 Å². The Morgan fingerprint density at radius 2 is 1.46 bits per heavy atom. The van der Waals surface area contributed by atoms with E-state index in [-0.39, 0.29) is 12.1 Å². The van der Waals surface area contributed by atoms with Crippen LogP contribution in [-0.2, 0) is 30.8 Å². The molecule has 0 spiro atoms. The summed E-state index contributed by atoms with van der Waals surface area (Å²) in [6.45, 7) is 2.25. The molecule has 8 nitrogen and oxygen atoms in total. The summed E-state index contributed by atoms with van der Waals surface area (Å²) < 4.78 is 4.18. The topological polar surface area (TPSA) is 90.9 Å². The number of nitrogens with one attached hydrogen (secondary N) is 1. The number of benzene rings is 3. The van der Waals surface area contributed by atoms with Crippen LogP contribution in [0.5, 0.6) is 0 Å². The zero-order chi connectivity index (χ0) is 25.8. The van der Waals surface area contributed by atoms with Crippen LogP contribution in [0.4, 0.5) is 5.69 Å². The molecule has 1 N–H and O–H groups in total. The molecule has 0 aliphatic heterocycles. The number of hydrogen-bond acceptors (Lipinski definition) is 4. The lowest BCUT2D eigenvalue weighted by Crippen LogP contribution is -2.43. The van der Waals surface area contributed by atoms with Crippen LogP contribution in [0.2, 0.25) is 0 Å². The molecule has 2 aromatic heterocycles. The lowest BCUT2D eigenvalue weighted by atomic mass is 10.1. The Bertz CT molecular complexity index is 1670. The van der Waals surface area contributed by atoms with Gasteiger partial charge in [-0.15, -0.1) is 0 Å². The van der Waals surface area contributed by atoms with Crippen molar-refractivity contribution in [1.29, 1.82) is 0 Å². The highest BCUT2D eigenvalue weighted by atomic mass is 16.2. The quantitative estimate of drug-likeness (QED) is 0.357. The number of aromatic nitrogens is 4. The first-order chi connectivity index (χ1) is 18.0. The van der Waals surface area contributed by atoms with Gasteiger partial charge in [0, 0.05) is 12.2 Å². The minimum absolute atomic E-state index is 0.221. The van der Waals surface area contributed by atoms with E-state index in [0.717, 1.165) is 27.7 Å². The van der Waals surface area contributed by atoms with Crippen molar-refractivity contribution >= 4 is 22.8 Å². The van der Waals surface area contributed by atoms with Crippen molar-refractivity contribution in [3.8, 4) is 0 Å². The van der Waals surface area contributed by atoms with E-state index in [2.05, 4.69) is 10.3 Å². The van der Waals surface area contributed by atoms with Crippen LogP contribution in [0.3, 0.4) is 0 Å². The molecule has 5 rings (SSSR count). The van der Waals surface area contributed by atoms with Gasteiger partial charge in [-0.05, 0) is 35.2 Å². The number of carbonyl (C=O) groups is 1. The van der Waals surface area contributed by atoms with Gasteiger partial charge in [0.2, 0.25) is 5.91 Å². The maximum Gasteiger partial charge on any atom is 0.333 e. The molecule has 0 fully saturated rings. The van der Waals surface area contributed by atoms with Gasteiger partial charge in [-0.1, -0.05) is 79.7 Å². The summed E-state index contributed by atoms with van der Waals surface area (Å²) in [5, 5.41) is 2.82. The van der Waals surface area contributed by atoms with Crippen LogP contribution in [0.25, 0.3) is 11.2 Å². The van der Waals surface area contributed by atoms with Crippen molar-refractivity contribution in [3.05, 3.63) is 129 Å². The minimum atomic E-state index is -0.580. The van der Waals surface area contributed by atoms with E-state index in [0.29, 0.717) is 17.9 Å². The van der Waals surface area contributed by atoms with Crippen LogP contribution < -0.4 is 16.6 Å². The SMILES string of the molecule is CCc1cccc(NC(=O)Cn2c(=O)c3c(ncn3Cc3ccccc3)n(Cc3ccccc3)c2=O)c1. The third kappa shape index (κ3) is 5.13. The number of fused-ring (bicyclic) bond motifs is 1. The van der Waals surface area contributed by atoms with Gasteiger partial charge in [0.1, 0.15) is 6.54 Å². The van der Waals surface area contributed by atoms with Crippen LogP contribution in [0, 0.1) is 0 Å². The number of aryl methyl sites for hydroxylation is 1.